The number of carbonyl (C=O) groups excluding carboxylic acids is 1. The van der Waals surface area contributed by atoms with E-state index in [9.17, 15) is 4.79 Å². The number of pyridine rings is 1. The van der Waals surface area contributed by atoms with Crippen molar-refractivity contribution in [1.29, 1.82) is 0 Å². The Kier molecular flexibility index (Phi) is 4.18. The van der Waals surface area contributed by atoms with Crippen LogP contribution in [0.2, 0.25) is 10.0 Å². The highest BCUT2D eigenvalue weighted by Crippen LogP contribution is 2.19. The zero-order chi connectivity index (χ0) is 13.0. The molecule has 0 unspecified atom stereocenters. The molecule has 0 fully saturated rings. The second-order valence-corrected chi connectivity index (χ2v) is 4.55. The summed E-state index contributed by atoms with van der Waals surface area (Å²) in [6.45, 7) is 0. The van der Waals surface area contributed by atoms with Crippen LogP contribution in [-0.4, -0.2) is 10.9 Å². The minimum Gasteiger partial charge on any atom is -0.323 e. The van der Waals surface area contributed by atoms with Crippen LogP contribution < -0.4 is 5.32 Å². The van der Waals surface area contributed by atoms with Gasteiger partial charge >= 0.3 is 0 Å². The van der Waals surface area contributed by atoms with Gasteiger partial charge in [0.2, 0.25) is 5.91 Å². The number of carbonyl (C=O) groups is 1. The average molecular weight is 281 g/mol. The lowest BCUT2D eigenvalue weighted by molar-refractivity contribution is -0.115. The molecule has 0 aliphatic carbocycles. The van der Waals surface area contributed by atoms with Crippen LogP contribution in [0, 0.1) is 0 Å². The van der Waals surface area contributed by atoms with Gasteiger partial charge in [-0.1, -0.05) is 35.3 Å². The van der Waals surface area contributed by atoms with Crippen molar-refractivity contribution in [3.05, 3.63) is 58.3 Å². The lowest BCUT2D eigenvalue weighted by atomic mass is 10.1. The molecule has 0 atom stereocenters. The number of nitrogens with zero attached hydrogens (tertiary/aromatic N) is 1. The third-order valence-corrected chi connectivity index (χ3v) is 2.90. The molecule has 0 saturated heterocycles. The van der Waals surface area contributed by atoms with E-state index >= 15 is 0 Å². The molecule has 3 nitrogen and oxygen atoms in total. The Morgan fingerprint density at radius 2 is 1.89 bits per heavy atom. The van der Waals surface area contributed by atoms with E-state index in [0.29, 0.717) is 15.7 Å². The molecule has 18 heavy (non-hydrogen) atoms. The summed E-state index contributed by atoms with van der Waals surface area (Å²) in [6, 6.07) is 8.75. The van der Waals surface area contributed by atoms with Gasteiger partial charge in [-0.25, -0.2) is 0 Å². The summed E-state index contributed by atoms with van der Waals surface area (Å²) in [6.07, 6.45) is 3.35. The summed E-state index contributed by atoms with van der Waals surface area (Å²) in [4.78, 5) is 15.7. The summed E-state index contributed by atoms with van der Waals surface area (Å²) in [5.74, 6) is -0.146. The molecule has 0 aliphatic heterocycles. The molecular weight excluding hydrogens is 271 g/mol. The van der Waals surface area contributed by atoms with E-state index in [-0.39, 0.29) is 12.3 Å². The van der Waals surface area contributed by atoms with Gasteiger partial charge in [-0.15, -0.1) is 0 Å². The quantitative estimate of drug-likeness (QED) is 0.934. The maximum absolute atomic E-state index is 11.8. The van der Waals surface area contributed by atoms with Crippen LogP contribution in [-0.2, 0) is 11.2 Å². The Balaban J connectivity index is 2.01. The Labute approximate surface area is 115 Å². The topological polar surface area (TPSA) is 42.0 Å². The molecule has 0 spiro atoms. The number of aromatic nitrogens is 1. The normalized spacial score (nSPS) is 10.1. The molecule has 1 amide bonds. The average Bonchev–Trinajstić information content (AvgIpc) is 2.35. The molecule has 1 N–H and O–H groups in total. The van der Waals surface area contributed by atoms with Crippen LogP contribution in [0.1, 0.15) is 5.56 Å². The molecule has 0 bridgehead atoms. The first-order valence-corrected chi connectivity index (χ1v) is 6.04. The zero-order valence-corrected chi connectivity index (χ0v) is 10.9. The molecular formula is C13H10Cl2N2O. The highest BCUT2D eigenvalue weighted by atomic mass is 35.5. The fraction of sp³-hybridized carbons (Fsp3) is 0.0769. The van der Waals surface area contributed by atoms with Crippen molar-refractivity contribution < 1.29 is 4.79 Å². The van der Waals surface area contributed by atoms with Gasteiger partial charge in [0.15, 0.2) is 0 Å². The number of amides is 1. The van der Waals surface area contributed by atoms with Crippen LogP contribution >= 0.6 is 23.2 Å². The maximum atomic E-state index is 11.8. The first-order valence-electron chi connectivity index (χ1n) is 5.29. The van der Waals surface area contributed by atoms with Crippen LogP contribution in [0.5, 0.6) is 0 Å². The van der Waals surface area contributed by atoms with Gasteiger partial charge < -0.3 is 5.32 Å². The molecule has 5 heteroatoms. The summed E-state index contributed by atoms with van der Waals surface area (Å²) >= 11 is 11.7. The second kappa shape index (κ2) is 5.85. The monoisotopic (exact) mass is 280 g/mol. The summed E-state index contributed by atoms with van der Waals surface area (Å²) in [5.41, 5.74) is 1.40. The van der Waals surface area contributed by atoms with E-state index < -0.39 is 0 Å². The van der Waals surface area contributed by atoms with Gasteiger partial charge in [0.1, 0.15) is 0 Å². The third kappa shape index (κ3) is 3.45. The minimum atomic E-state index is -0.146. The van der Waals surface area contributed by atoms with Crippen LogP contribution in [0.15, 0.2) is 42.7 Å². The Morgan fingerprint density at radius 3 is 2.56 bits per heavy atom. The van der Waals surface area contributed by atoms with E-state index in [2.05, 4.69) is 10.3 Å². The van der Waals surface area contributed by atoms with E-state index in [1.165, 1.54) is 6.20 Å². The smallest absolute Gasteiger partial charge is 0.228 e. The number of hydrogen-bond donors (Lipinski definition) is 1. The zero-order valence-electron chi connectivity index (χ0n) is 9.36. The molecule has 1 aromatic carbocycles. The SMILES string of the molecule is O=C(Cc1ccc(Cl)cc1)Nc1cnccc1Cl. The Bertz CT molecular complexity index is 555. The number of anilines is 1. The van der Waals surface area contributed by atoms with Crippen LogP contribution in [0.25, 0.3) is 0 Å². The van der Waals surface area contributed by atoms with Crippen molar-refractivity contribution in [1.82, 2.24) is 4.98 Å². The minimum absolute atomic E-state index is 0.146. The van der Waals surface area contributed by atoms with Gasteiger partial charge in [-0.3, -0.25) is 9.78 Å². The number of benzene rings is 1. The van der Waals surface area contributed by atoms with Gasteiger partial charge in [-0.2, -0.15) is 0 Å². The number of nitrogens with one attached hydrogen (secondary N) is 1. The second-order valence-electron chi connectivity index (χ2n) is 3.71. The predicted octanol–water partition coefficient (Wildman–Crippen LogP) is 3.57. The van der Waals surface area contributed by atoms with Crippen molar-refractivity contribution in [2.24, 2.45) is 0 Å². The van der Waals surface area contributed by atoms with Gasteiger partial charge in [0.05, 0.1) is 23.3 Å². The number of hydrogen-bond acceptors (Lipinski definition) is 2. The molecule has 2 rings (SSSR count). The van der Waals surface area contributed by atoms with E-state index in [0.717, 1.165) is 5.56 Å². The summed E-state index contributed by atoms with van der Waals surface area (Å²) in [5, 5.41) is 3.82. The molecule has 1 heterocycles. The lowest BCUT2D eigenvalue weighted by Gasteiger charge is -2.06. The standard InChI is InChI=1S/C13H10Cl2N2O/c14-10-3-1-9(2-4-10)7-13(18)17-12-8-16-6-5-11(12)15/h1-6,8H,7H2,(H,17,18). The lowest BCUT2D eigenvalue weighted by Crippen LogP contribution is -2.14. The molecule has 92 valence electrons. The summed E-state index contributed by atoms with van der Waals surface area (Å²) in [7, 11) is 0. The van der Waals surface area contributed by atoms with Gasteiger partial charge in [-0.05, 0) is 23.8 Å². The molecule has 0 saturated carbocycles. The third-order valence-electron chi connectivity index (χ3n) is 2.32. The van der Waals surface area contributed by atoms with E-state index in [4.69, 9.17) is 23.2 Å². The van der Waals surface area contributed by atoms with Crippen LogP contribution in [0.4, 0.5) is 5.69 Å². The Morgan fingerprint density at radius 1 is 1.17 bits per heavy atom. The van der Waals surface area contributed by atoms with Crippen molar-refractivity contribution in [2.75, 3.05) is 5.32 Å². The number of rotatable bonds is 3. The molecule has 0 radical (unpaired) electrons. The van der Waals surface area contributed by atoms with E-state index in [1.807, 2.05) is 12.1 Å². The van der Waals surface area contributed by atoms with Crippen molar-refractivity contribution in [3.8, 4) is 0 Å². The van der Waals surface area contributed by atoms with E-state index in [1.54, 1.807) is 24.4 Å². The van der Waals surface area contributed by atoms with Gasteiger partial charge in [0.25, 0.3) is 0 Å². The van der Waals surface area contributed by atoms with Gasteiger partial charge in [0, 0.05) is 11.2 Å². The highest BCUT2D eigenvalue weighted by molar-refractivity contribution is 6.33. The largest absolute Gasteiger partial charge is 0.323 e. The summed E-state index contributed by atoms with van der Waals surface area (Å²) < 4.78 is 0. The molecule has 1 aromatic heterocycles. The van der Waals surface area contributed by atoms with Crippen molar-refractivity contribution in [3.63, 3.8) is 0 Å². The van der Waals surface area contributed by atoms with Crippen LogP contribution in [0.3, 0.4) is 0 Å². The first kappa shape index (κ1) is 12.9. The predicted molar refractivity (Wildman–Crippen MR) is 73.0 cm³/mol. The maximum Gasteiger partial charge on any atom is 0.228 e. The molecule has 0 aliphatic rings. The fourth-order valence-electron chi connectivity index (χ4n) is 1.45. The molecule has 2 aromatic rings. The van der Waals surface area contributed by atoms with Crippen molar-refractivity contribution in [2.45, 2.75) is 6.42 Å². The fourth-order valence-corrected chi connectivity index (χ4v) is 1.73. The Hall–Kier alpha value is -1.58. The highest BCUT2D eigenvalue weighted by Gasteiger charge is 2.06. The van der Waals surface area contributed by atoms with Crippen molar-refractivity contribution >= 4 is 34.8 Å². The first-order chi connectivity index (χ1) is 8.65. The number of halogens is 2.